The lowest BCUT2D eigenvalue weighted by Gasteiger charge is -1.98. The molecule has 0 atom stereocenters. The molecule has 1 nitrogen and oxygen atoms in total. The molecule has 0 bridgehead atoms. The molecule has 0 aromatic heterocycles. The van der Waals surface area contributed by atoms with Gasteiger partial charge < -0.3 is 5.73 Å². The summed E-state index contributed by atoms with van der Waals surface area (Å²) in [7, 11) is 0. The van der Waals surface area contributed by atoms with E-state index >= 15 is 0 Å². The number of benzene rings is 1. The molecule has 0 radical (unpaired) electrons. The maximum Gasteiger partial charge on any atom is 0.0344 e. The first kappa shape index (κ1) is 9.95. The monoisotopic (exact) mass is 193 g/mol. The van der Waals surface area contributed by atoms with Crippen molar-refractivity contribution in [3.8, 4) is 11.8 Å². The standard InChI is InChI=1S/C11H12ClN/c1-9-8-10(4-2-3-7-12)5-6-11(9)13/h5-6,8H,3,7,13H2,1H3. The lowest BCUT2D eigenvalue weighted by molar-refractivity contribution is 1.29. The maximum absolute atomic E-state index is 5.67. The Morgan fingerprint density at radius 1 is 1.46 bits per heavy atom. The van der Waals surface area contributed by atoms with Gasteiger partial charge >= 0.3 is 0 Å². The van der Waals surface area contributed by atoms with Crippen molar-refractivity contribution < 1.29 is 0 Å². The summed E-state index contributed by atoms with van der Waals surface area (Å²) < 4.78 is 0. The van der Waals surface area contributed by atoms with E-state index in [-0.39, 0.29) is 0 Å². The van der Waals surface area contributed by atoms with Crippen LogP contribution in [0.15, 0.2) is 18.2 Å². The first-order chi connectivity index (χ1) is 6.24. The SMILES string of the molecule is Cc1cc(C#CCCCl)ccc1N. The van der Waals surface area contributed by atoms with E-state index in [0.29, 0.717) is 5.88 Å². The van der Waals surface area contributed by atoms with Crippen LogP contribution in [0.3, 0.4) is 0 Å². The van der Waals surface area contributed by atoms with Gasteiger partial charge in [0, 0.05) is 23.6 Å². The maximum atomic E-state index is 5.67. The molecule has 0 fully saturated rings. The van der Waals surface area contributed by atoms with Crippen molar-refractivity contribution in [3.05, 3.63) is 29.3 Å². The Bertz CT molecular complexity index is 347. The molecule has 0 aliphatic rings. The van der Waals surface area contributed by atoms with E-state index in [4.69, 9.17) is 17.3 Å². The topological polar surface area (TPSA) is 26.0 Å². The first-order valence-electron chi connectivity index (χ1n) is 4.15. The van der Waals surface area contributed by atoms with Crippen LogP contribution >= 0.6 is 11.6 Å². The Morgan fingerprint density at radius 2 is 2.23 bits per heavy atom. The predicted octanol–water partition coefficient (Wildman–Crippen LogP) is 2.56. The number of alkyl halides is 1. The van der Waals surface area contributed by atoms with Crippen LogP contribution in [-0.2, 0) is 0 Å². The molecule has 68 valence electrons. The molecule has 0 aliphatic heterocycles. The van der Waals surface area contributed by atoms with Crippen LogP contribution in [0, 0.1) is 18.8 Å². The summed E-state index contributed by atoms with van der Waals surface area (Å²) in [5, 5.41) is 0. The van der Waals surface area contributed by atoms with Crippen LogP contribution in [0.25, 0.3) is 0 Å². The van der Waals surface area contributed by atoms with Crippen LogP contribution < -0.4 is 5.73 Å². The van der Waals surface area contributed by atoms with E-state index < -0.39 is 0 Å². The van der Waals surface area contributed by atoms with Gasteiger partial charge in [0.2, 0.25) is 0 Å². The van der Waals surface area contributed by atoms with E-state index in [9.17, 15) is 0 Å². The minimum atomic E-state index is 0.584. The average molecular weight is 194 g/mol. The second kappa shape index (κ2) is 4.79. The Kier molecular flexibility index (Phi) is 3.67. The highest BCUT2D eigenvalue weighted by Crippen LogP contribution is 2.11. The summed E-state index contributed by atoms with van der Waals surface area (Å²) in [6, 6.07) is 5.78. The number of halogens is 1. The van der Waals surface area contributed by atoms with Gasteiger partial charge in [0.15, 0.2) is 0 Å². The molecule has 1 aromatic rings. The number of hydrogen-bond donors (Lipinski definition) is 1. The Balaban J connectivity index is 2.81. The molecule has 0 spiro atoms. The van der Waals surface area contributed by atoms with Gasteiger partial charge in [0.05, 0.1) is 0 Å². The molecule has 1 aromatic carbocycles. The molecule has 0 amide bonds. The lowest BCUT2D eigenvalue weighted by atomic mass is 10.1. The molecule has 2 heteroatoms. The summed E-state index contributed by atoms with van der Waals surface area (Å²) in [5.41, 5.74) is 8.55. The summed E-state index contributed by atoms with van der Waals surface area (Å²) in [6.45, 7) is 1.97. The van der Waals surface area contributed by atoms with Crippen LogP contribution in [-0.4, -0.2) is 5.88 Å². The van der Waals surface area contributed by atoms with Gasteiger partial charge in [0.1, 0.15) is 0 Å². The van der Waals surface area contributed by atoms with Crippen molar-refractivity contribution >= 4 is 17.3 Å². The van der Waals surface area contributed by atoms with Crippen LogP contribution in [0.2, 0.25) is 0 Å². The zero-order chi connectivity index (χ0) is 9.68. The second-order valence-electron chi connectivity index (χ2n) is 2.81. The third kappa shape index (κ3) is 3.01. The van der Waals surface area contributed by atoms with E-state index in [1.54, 1.807) is 0 Å². The predicted molar refractivity (Wildman–Crippen MR) is 57.8 cm³/mol. The summed E-state index contributed by atoms with van der Waals surface area (Å²) in [5.74, 6) is 6.58. The number of nitrogens with two attached hydrogens (primary N) is 1. The molecule has 0 aliphatic carbocycles. The molecular weight excluding hydrogens is 182 g/mol. The van der Waals surface area contributed by atoms with Crippen molar-refractivity contribution in [1.82, 2.24) is 0 Å². The summed E-state index contributed by atoms with van der Waals surface area (Å²) in [6.07, 6.45) is 0.727. The minimum Gasteiger partial charge on any atom is -0.399 e. The Morgan fingerprint density at radius 3 is 2.85 bits per heavy atom. The number of rotatable bonds is 1. The minimum absolute atomic E-state index is 0.584. The van der Waals surface area contributed by atoms with E-state index in [1.807, 2.05) is 25.1 Å². The van der Waals surface area contributed by atoms with Crippen molar-refractivity contribution in [1.29, 1.82) is 0 Å². The second-order valence-corrected chi connectivity index (χ2v) is 3.19. The van der Waals surface area contributed by atoms with E-state index in [0.717, 1.165) is 23.2 Å². The number of anilines is 1. The highest BCUT2D eigenvalue weighted by atomic mass is 35.5. The highest BCUT2D eigenvalue weighted by Gasteiger charge is 1.92. The highest BCUT2D eigenvalue weighted by molar-refractivity contribution is 6.18. The zero-order valence-corrected chi connectivity index (χ0v) is 8.36. The van der Waals surface area contributed by atoms with Crippen molar-refractivity contribution in [2.75, 3.05) is 11.6 Å². The number of nitrogen functional groups attached to an aromatic ring is 1. The van der Waals surface area contributed by atoms with E-state index in [2.05, 4.69) is 11.8 Å². The van der Waals surface area contributed by atoms with Crippen molar-refractivity contribution in [3.63, 3.8) is 0 Å². The normalized spacial score (nSPS) is 9.08. The molecule has 0 unspecified atom stereocenters. The van der Waals surface area contributed by atoms with Gasteiger partial charge in [0.25, 0.3) is 0 Å². The number of hydrogen-bond acceptors (Lipinski definition) is 1. The lowest BCUT2D eigenvalue weighted by Crippen LogP contribution is -1.89. The molecular formula is C11H12ClN. The largest absolute Gasteiger partial charge is 0.399 e. The smallest absolute Gasteiger partial charge is 0.0344 e. The summed E-state index contributed by atoms with van der Waals surface area (Å²) >= 11 is 5.50. The molecule has 0 saturated heterocycles. The van der Waals surface area contributed by atoms with Crippen LogP contribution in [0.4, 0.5) is 5.69 Å². The molecule has 0 saturated carbocycles. The average Bonchev–Trinajstić information content (AvgIpc) is 2.12. The molecule has 1 rings (SSSR count). The van der Waals surface area contributed by atoms with Gasteiger partial charge in [-0.25, -0.2) is 0 Å². The van der Waals surface area contributed by atoms with E-state index in [1.165, 1.54) is 0 Å². The van der Waals surface area contributed by atoms with Gasteiger partial charge in [-0.05, 0) is 30.7 Å². The zero-order valence-electron chi connectivity index (χ0n) is 7.60. The molecule has 2 N–H and O–H groups in total. The van der Waals surface area contributed by atoms with Gasteiger partial charge in [-0.2, -0.15) is 0 Å². The fourth-order valence-corrected chi connectivity index (χ4v) is 1.06. The molecule has 13 heavy (non-hydrogen) atoms. The Hall–Kier alpha value is -1.13. The van der Waals surface area contributed by atoms with Crippen LogP contribution in [0.1, 0.15) is 17.5 Å². The van der Waals surface area contributed by atoms with Gasteiger partial charge in [-0.15, -0.1) is 11.6 Å². The van der Waals surface area contributed by atoms with Gasteiger partial charge in [-0.3, -0.25) is 0 Å². The van der Waals surface area contributed by atoms with Gasteiger partial charge in [-0.1, -0.05) is 11.8 Å². The van der Waals surface area contributed by atoms with Crippen molar-refractivity contribution in [2.24, 2.45) is 0 Å². The quantitative estimate of drug-likeness (QED) is 0.414. The Labute approximate surface area is 83.9 Å². The summed E-state index contributed by atoms with van der Waals surface area (Å²) in [4.78, 5) is 0. The van der Waals surface area contributed by atoms with Crippen LogP contribution in [0.5, 0.6) is 0 Å². The molecule has 0 heterocycles. The fourth-order valence-electron chi connectivity index (χ4n) is 0.965. The number of aryl methyl sites for hydroxylation is 1. The van der Waals surface area contributed by atoms with Crippen molar-refractivity contribution in [2.45, 2.75) is 13.3 Å². The first-order valence-corrected chi connectivity index (χ1v) is 4.68. The fraction of sp³-hybridized carbons (Fsp3) is 0.273. The third-order valence-electron chi connectivity index (χ3n) is 1.72. The third-order valence-corrected chi connectivity index (χ3v) is 1.91.